The number of para-hydroxylation sites is 1. The number of carbonyl (C=O) groups is 1. The van der Waals surface area contributed by atoms with Crippen LogP contribution in [0.15, 0.2) is 18.2 Å². The predicted octanol–water partition coefficient (Wildman–Crippen LogP) is 2.65. The van der Waals surface area contributed by atoms with E-state index >= 15 is 0 Å². The zero-order valence-corrected chi connectivity index (χ0v) is 11.0. The molecule has 1 heterocycles. The molecule has 4 nitrogen and oxygen atoms in total. The number of aromatic carboxylic acids is 1. The molecule has 0 spiro atoms. The van der Waals surface area contributed by atoms with Crippen molar-refractivity contribution < 1.29 is 14.6 Å². The van der Waals surface area contributed by atoms with Gasteiger partial charge in [0, 0.05) is 20.2 Å². The van der Waals surface area contributed by atoms with Crippen molar-refractivity contribution in [3.63, 3.8) is 0 Å². The Morgan fingerprint density at radius 3 is 2.67 bits per heavy atom. The van der Waals surface area contributed by atoms with Crippen molar-refractivity contribution in [2.45, 2.75) is 18.9 Å². The molecule has 18 heavy (non-hydrogen) atoms. The molecule has 2 rings (SSSR count). The number of carboxylic acids is 1. The minimum Gasteiger partial charge on any atom is -0.478 e. The van der Waals surface area contributed by atoms with E-state index in [1.165, 1.54) is 0 Å². The van der Waals surface area contributed by atoms with Crippen LogP contribution in [-0.2, 0) is 4.74 Å². The van der Waals surface area contributed by atoms with Crippen LogP contribution in [0.2, 0.25) is 5.02 Å². The SMILES string of the molecule is COC1CCN(c2c(Cl)cccc2C(=O)O)CC1. The first kappa shape index (κ1) is 13.2. The molecule has 0 unspecified atom stereocenters. The standard InChI is InChI=1S/C13H16ClNO3/c1-18-9-5-7-15(8-6-9)12-10(13(16)17)3-2-4-11(12)14/h2-4,9H,5-8H2,1H3,(H,16,17). The molecule has 0 amide bonds. The van der Waals surface area contributed by atoms with E-state index in [-0.39, 0.29) is 11.7 Å². The summed E-state index contributed by atoms with van der Waals surface area (Å²) in [7, 11) is 1.71. The summed E-state index contributed by atoms with van der Waals surface area (Å²) in [5, 5.41) is 9.70. The molecule has 1 aliphatic heterocycles. The first-order valence-electron chi connectivity index (χ1n) is 5.93. The number of ether oxygens (including phenoxy) is 1. The Bertz CT molecular complexity index is 442. The highest BCUT2D eigenvalue weighted by Gasteiger charge is 2.24. The van der Waals surface area contributed by atoms with Crippen molar-refractivity contribution in [2.75, 3.05) is 25.1 Å². The summed E-state index contributed by atoms with van der Waals surface area (Å²) in [6.45, 7) is 1.53. The van der Waals surface area contributed by atoms with Gasteiger partial charge in [0.05, 0.1) is 22.4 Å². The molecule has 5 heteroatoms. The van der Waals surface area contributed by atoms with Crippen LogP contribution in [0.1, 0.15) is 23.2 Å². The number of hydrogen-bond acceptors (Lipinski definition) is 3. The fraction of sp³-hybridized carbons (Fsp3) is 0.462. The monoisotopic (exact) mass is 269 g/mol. The lowest BCUT2D eigenvalue weighted by molar-refractivity contribution is 0.0696. The largest absolute Gasteiger partial charge is 0.478 e. The second kappa shape index (κ2) is 5.59. The third-order valence-electron chi connectivity index (χ3n) is 3.31. The van der Waals surface area contributed by atoms with Gasteiger partial charge < -0.3 is 14.7 Å². The molecule has 0 aromatic heterocycles. The fourth-order valence-electron chi connectivity index (χ4n) is 2.32. The Hall–Kier alpha value is -1.26. The highest BCUT2D eigenvalue weighted by molar-refractivity contribution is 6.34. The van der Waals surface area contributed by atoms with Gasteiger partial charge in [-0.3, -0.25) is 0 Å². The molecular weight excluding hydrogens is 254 g/mol. The Morgan fingerprint density at radius 1 is 1.44 bits per heavy atom. The summed E-state index contributed by atoms with van der Waals surface area (Å²) < 4.78 is 5.31. The van der Waals surface area contributed by atoms with Gasteiger partial charge in [0.1, 0.15) is 0 Å². The van der Waals surface area contributed by atoms with Crippen molar-refractivity contribution >= 4 is 23.3 Å². The fourth-order valence-corrected chi connectivity index (χ4v) is 2.62. The van der Waals surface area contributed by atoms with Gasteiger partial charge in [-0.1, -0.05) is 17.7 Å². The topological polar surface area (TPSA) is 49.8 Å². The van der Waals surface area contributed by atoms with E-state index < -0.39 is 5.97 Å². The molecule has 0 bridgehead atoms. The second-order valence-electron chi connectivity index (χ2n) is 4.36. The molecule has 1 saturated heterocycles. The molecule has 1 N–H and O–H groups in total. The van der Waals surface area contributed by atoms with Crippen LogP contribution in [0.3, 0.4) is 0 Å². The van der Waals surface area contributed by atoms with Crippen LogP contribution in [0.25, 0.3) is 0 Å². The van der Waals surface area contributed by atoms with Gasteiger partial charge >= 0.3 is 5.97 Å². The Morgan fingerprint density at radius 2 is 2.11 bits per heavy atom. The molecule has 98 valence electrons. The Kier molecular flexibility index (Phi) is 4.09. The van der Waals surface area contributed by atoms with Crippen LogP contribution in [0, 0.1) is 0 Å². The molecule has 0 aliphatic carbocycles. The van der Waals surface area contributed by atoms with Gasteiger partial charge in [-0.05, 0) is 25.0 Å². The Balaban J connectivity index is 2.26. The zero-order valence-electron chi connectivity index (χ0n) is 10.2. The van der Waals surface area contributed by atoms with Gasteiger partial charge in [-0.2, -0.15) is 0 Å². The van der Waals surface area contributed by atoms with Crippen molar-refractivity contribution in [1.29, 1.82) is 0 Å². The molecular formula is C13H16ClNO3. The van der Waals surface area contributed by atoms with E-state index in [1.54, 1.807) is 25.3 Å². The highest BCUT2D eigenvalue weighted by atomic mass is 35.5. The third kappa shape index (κ3) is 2.60. The van der Waals surface area contributed by atoms with Crippen molar-refractivity contribution in [3.05, 3.63) is 28.8 Å². The lowest BCUT2D eigenvalue weighted by Crippen LogP contribution is -2.37. The Labute approximate surface area is 111 Å². The lowest BCUT2D eigenvalue weighted by atomic mass is 10.0. The van der Waals surface area contributed by atoms with E-state index in [0.29, 0.717) is 10.7 Å². The minimum atomic E-state index is -0.943. The van der Waals surface area contributed by atoms with Crippen molar-refractivity contribution in [1.82, 2.24) is 0 Å². The average Bonchev–Trinajstić information content (AvgIpc) is 2.38. The van der Waals surface area contributed by atoms with Gasteiger partial charge in [0.2, 0.25) is 0 Å². The number of benzene rings is 1. The first-order chi connectivity index (χ1) is 8.63. The van der Waals surface area contributed by atoms with Crippen LogP contribution in [-0.4, -0.2) is 37.4 Å². The first-order valence-corrected chi connectivity index (χ1v) is 6.31. The molecule has 1 aliphatic rings. The van der Waals surface area contributed by atoms with E-state index in [1.807, 2.05) is 4.90 Å². The summed E-state index contributed by atoms with van der Waals surface area (Å²) in [5.74, 6) is -0.943. The molecule has 1 aromatic rings. The highest BCUT2D eigenvalue weighted by Crippen LogP contribution is 2.32. The smallest absolute Gasteiger partial charge is 0.337 e. The number of anilines is 1. The van der Waals surface area contributed by atoms with Crippen LogP contribution < -0.4 is 4.90 Å². The number of methoxy groups -OCH3 is 1. The van der Waals surface area contributed by atoms with E-state index in [4.69, 9.17) is 16.3 Å². The summed E-state index contributed by atoms with van der Waals surface area (Å²) in [6.07, 6.45) is 2.04. The van der Waals surface area contributed by atoms with Gasteiger partial charge in [0.15, 0.2) is 0 Å². The minimum absolute atomic E-state index is 0.261. The number of halogens is 1. The van der Waals surface area contributed by atoms with Crippen LogP contribution >= 0.6 is 11.6 Å². The van der Waals surface area contributed by atoms with E-state index in [9.17, 15) is 9.90 Å². The normalized spacial score (nSPS) is 16.9. The number of nitrogens with zero attached hydrogens (tertiary/aromatic N) is 1. The number of piperidine rings is 1. The third-order valence-corrected chi connectivity index (χ3v) is 3.61. The maximum Gasteiger partial charge on any atom is 0.337 e. The van der Waals surface area contributed by atoms with Crippen LogP contribution in [0.5, 0.6) is 0 Å². The lowest BCUT2D eigenvalue weighted by Gasteiger charge is -2.34. The number of rotatable bonds is 3. The number of hydrogen-bond donors (Lipinski definition) is 1. The summed E-state index contributed by atoms with van der Waals surface area (Å²) in [4.78, 5) is 13.3. The molecule has 1 fully saturated rings. The molecule has 0 atom stereocenters. The molecule has 1 aromatic carbocycles. The molecule has 0 radical (unpaired) electrons. The van der Waals surface area contributed by atoms with E-state index in [0.717, 1.165) is 25.9 Å². The predicted molar refractivity (Wildman–Crippen MR) is 70.7 cm³/mol. The van der Waals surface area contributed by atoms with Gasteiger partial charge in [0.25, 0.3) is 0 Å². The summed E-state index contributed by atoms with van der Waals surface area (Å²) >= 11 is 6.14. The zero-order chi connectivity index (χ0) is 13.1. The van der Waals surface area contributed by atoms with Gasteiger partial charge in [-0.15, -0.1) is 0 Å². The summed E-state index contributed by atoms with van der Waals surface area (Å²) in [6, 6.07) is 4.98. The molecule has 0 saturated carbocycles. The van der Waals surface area contributed by atoms with Crippen LogP contribution in [0.4, 0.5) is 5.69 Å². The van der Waals surface area contributed by atoms with Crippen molar-refractivity contribution in [3.8, 4) is 0 Å². The maximum absolute atomic E-state index is 11.2. The number of carboxylic acid groups (broad SMARTS) is 1. The second-order valence-corrected chi connectivity index (χ2v) is 4.77. The maximum atomic E-state index is 11.2. The average molecular weight is 270 g/mol. The van der Waals surface area contributed by atoms with Crippen molar-refractivity contribution in [2.24, 2.45) is 0 Å². The summed E-state index contributed by atoms with van der Waals surface area (Å²) in [5.41, 5.74) is 0.889. The quantitative estimate of drug-likeness (QED) is 0.917. The van der Waals surface area contributed by atoms with E-state index in [2.05, 4.69) is 0 Å². The van der Waals surface area contributed by atoms with Gasteiger partial charge in [-0.25, -0.2) is 4.79 Å².